The predicted octanol–water partition coefficient (Wildman–Crippen LogP) is 4.28. The molecule has 132 valence electrons. The number of hydrogen-bond acceptors (Lipinski definition) is 4. The van der Waals surface area contributed by atoms with E-state index in [1.54, 1.807) is 6.07 Å². The molecular weight excluding hydrogens is 362 g/mol. The molecule has 8 heteroatoms. The third kappa shape index (κ3) is 3.67. The Labute approximate surface area is 153 Å². The van der Waals surface area contributed by atoms with Gasteiger partial charge in [0.15, 0.2) is 17.5 Å². The summed E-state index contributed by atoms with van der Waals surface area (Å²) in [6.45, 7) is 2.02. The minimum absolute atomic E-state index is 0.0529. The molecule has 0 bridgehead atoms. The molecule has 1 amide bonds. The van der Waals surface area contributed by atoms with Crippen LogP contribution in [0.3, 0.4) is 0 Å². The van der Waals surface area contributed by atoms with Gasteiger partial charge < -0.3 is 5.32 Å². The Bertz CT molecular complexity index is 944. The first-order chi connectivity index (χ1) is 12.5. The van der Waals surface area contributed by atoms with E-state index >= 15 is 0 Å². The Morgan fingerprint density at radius 1 is 1.12 bits per heavy atom. The van der Waals surface area contributed by atoms with Gasteiger partial charge in [0.05, 0.1) is 35.5 Å². The maximum atomic E-state index is 13.6. The van der Waals surface area contributed by atoms with E-state index in [0.29, 0.717) is 16.3 Å². The highest BCUT2D eigenvalue weighted by Crippen LogP contribution is 2.27. The summed E-state index contributed by atoms with van der Waals surface area (Å²) >= 11 is 6.20. The van der Waals surface area contributed by atoms with E-state index in [1.807, 2.05) is 19.1 Å². The van der Waals surface area contributed by atoms with Crippen LogP contribution in [0.2, 0.25) is 5.02 Å². The number of amides is 1. The summed E-state index contributed by atoms with van der Waals surface area (Å²) in [5.41, 5.74) is 1.59. The van der Waals surface area contributed by atoms with Crippen molar-refractivity contribution in [2.75, 3.05) is 5.32 Å². The Balaban J connectivity index is 1.83. The van der Waals surface area contributed by atoms with Crippen LogP contribution in [-0.4, -0.2) is 20.9 Å². The number of halogens is 3. The van der Waals surface area contributed by atoms with E-state index < -0.39 is 23.1 Å². The maximum Gasteiger partial charge on any atom is 0.262 e. The lowest BCUT2D eigenvalue weighted by atomic mass is 10.1. The zero-order valence-corrected chi connectivity index (χ0v) is 14.4. The molecule has 0 fully saturated rings. The summed E-state index contributed by atoms with van der Waals surface area (Å²) in [6.07, 6.45) is 5.08. The van der Waals surface area contributed by atoms with E-state index in [4.69, 9.17) is 11.6 Å². The van der Waals surface area contributed by atoms with Gasteiger partial charge in [0.25, 0.3) is 5.91 Å². The first-order valence-electron chi connectivity index (χ1n) is 7.70. The summed E-state index contributed by atoms with van der Waals surface area (Å²) in [5, 5.41) is 2.82. The second kappa shape index (κ2) is 7.53. The monoisotopic (exact) mass is 374 g/mol. The van der Waals surface area contributed by atoms with Gasteiger partial charge in [0.2, 0.25) is 0 Å². The van der Waals surface area contributed by atoms with Crippen molar-refractivity contribution < 1.29 is 13.6 Å². The van der Waals surface area contributed by atoms with Crippen LogP contribution in [0.4, 0.5) is 14.6 Å². The van der Waals surface area contributed by atoms with Crippen molar-refractivity contribution in [1.29, 1.82) is 0 Å². The summed E-state index contributed by atoms with van der Waals surface area (Å²) in [7, 11) is 0. The van der Waals surface area contributed by atoms with Gasteiger partial charge in [-0.15, -0.1) is 0 Å². The Hall–Kier alpha value is -2.93. The molecule has 0 unspecified atom stereocenters. The molecule has 0 aliphatic carbocycles. The lowest BCUT2D eigenvalue weighted by Crippen LogP contribution is -2.17. The number of carbonyl (C=O) groups is 1. The summed E-state index contributed by atoms with van der Waals surface area (Å²) in [5.74, 6) is -3.04. The molecule has 2 heterocycles. The van der Waals surface area contributed by atoms with Crippen LogP contribution in [0.15, 0.2) is 43.0 Å². The van der Waals surface area contributed by atoms with E-state index in [-0.39, 0.29) is 5.82 Å². The van der Waals surface area contributed by atoms with Crippen molar-refractivity contribution in [2.45, 2.75) is 13.3 Å². The minimum atomic E-state index is -1.06. The molecule has 0 aliphatic rings. The standard InChI is InChI=1S/C18H13ClF2N4O/c1-2-10-3-4-12(19)11(5-10)15-8-24-16(9-23-15)25-18(26)17-13(20)6-22-7-14(17)21/h3-9H,2H2,1H3,(H,24,25,26). The molecule has 5 nitrogen and oxygen atoms in total. The van der Waals surface area contributed by atoms with Gasteiger partial charge in [-0.25, -0.2) is 13.8 Å². The van der Waals surface area contributed by atoms with Crippen LogP contribution in [-0.2, 0) is 6.42 Å². The quantitative estimate of drug-likeness (QED) is 0.740. The number of nitrogens with one attached hydrogen (secondary N) is 1. The Morgan fingerprint density at radius 3 is 2.46 bits per heavy atom. The van der Waals surface area contributed by atoms with Gasteiger partial charge in [-0.3, -0.25) is 14.8 Å². The van der Waals surface area contributed by atoms with Crippen LogP contribution in [0.25, 0.3) is 11.3 Å². The maximum absolute atomic E-state index is 13.6. The Morgan fingerprint density at radius 2 is 1.85 bits per heavy atom. The number of nitrogens with zero attached hydrogens (tertiary/aromatic N) is 3. The molecular formula is C18H13ClF2N4O. The summed E-state index contributed by atoms with van der Waals surface area (Å²) < 4.78 is 27.2. The normalized spacial score (nSPS) is 10.6. The molecule has 0 spiro atoms. The van der Waals surface area contributed by atoms with Gasteiger partial charge in [0.1, 0.15) is 5.56 Å². The molecule has 26 heavy (non-hydrogen) atoms. The molecule has 0 aliphatic heterocycles. The highest BCUT2D eigenvalue weighted by Gasteiger charge is 2.18. The number of aromatic nitrogens is 3. The Kier molecular flexibility index (Phi) is 5.18. The number of carbonyl (C=O) groups excluding carboxylic acids is 1. The van der Waals surface area contributed by atoms with Crippen LogP contribution in [0, 0.1) is 11.6 Å². The minimum Gasteiger partial charge on any atom is -0.305 e. The van der Waals surface area contributed by atoms with Crippen LogP contribution >= 0.6 is 11.6 Å². The zero-order chi connectivity index (χ0) is 18.7. The second-order valence-corrected chi connectivity index (χ2v) is 5.79. The lowest BCUT2D eigenvalue weighted by Gasteiger charge is -2.08. The molecule has 0 radical (unpaired) electrons. The lowest BCUT2D eigenvalue weighted by molar-refractivity contribution is 0.101. The van der Waals surface area contributed by atoms with Crippen molar-refractivity contribution in [3.8, 4) is 11.3 Å². The first-order valence-corrected chi connectivity index (χ1v) is 8.08. The number of rotatable bonds is 4. The average molecular weight is 375 g/mol. The fourth-order valence-corrected chi connectivity index (χ4v) is 2.54. The highest BCUT2D eigenvalue weighted by molar-refractivity contribution is 6.33. The van der Waals surface area contributed by atoms with Crippen LogP contribution < -0.4 is 5.32 Å². The van der Waals surface area contributed by atoms with E-state index in [9.17, 15) is 13.6 Å². The molecule has 2 aromatic heterocycles. The summed E-state index contributed by atoms with van der Waals surface area (Å²) in [6, 6.07) is 5.61. The topological polar surface area (TPSA) is 67.8 Å². The van der Waals surface area contributed by atoms with Crippen molar-refractivity contribution in [2.24, 2.45) is 0 Å². The molecule has 3 aromatic rings. The first kappa shape index (κ1) is 17.9. The van der Waals surface area contributed by atoms with Gasteiger partial charge in [-0.2, -0.15) is 0 Å². The predicted molar refractivity (Wildman–Crippen MR) is 94.0 cm³/mol. The molecule has 1 N–H and O–H groups in total. The number of anilines is 1. The fourth-order valence-electron chi connectivity index (χ4n) is 2.33. The highest BCUT2D eigenvalue weighted by atomic mass is 35.5. The van der Waals surface area contributed by atoms with E-state index in [1.165, 1.54) is 12.4 Å². The van der Waals surface area contributed by atoms with Crippen LogP contribution in [0.1, 0.15) is 22.8 Å². The van der Waals surface area contributed by atoms with E-state index in [2.05, 4.69) is 20.3 Å². The number of benzene rings is 1. The zero-order valence-electron chi connectivity index (χ0n) is 13.6. The van der Waals surface area contributed by atoms with Crippen molar-refractivity contribution in [3.63, 3.8) is 0 Å². The average Bonchev–Trinajstić information content (AvgIpc) is 2.63. The largest absolute Gasteiger partial charge is 0.305 e. The van der Waals surface area contributed by atoms with Crippen molar-refractivity contribution in [1.82, 2.24) is 15.0 Å². The van der Waals surface area contributed by atoms with Crippen molar-refractivity contribution >= 4 is 23.3 Å². The van der Waals surface area contributed by atoms with Gasteiger partial charge in [-0.1, -0.05) is 24.6 Å². The second-order valence-electron chi connectivity index (χ2n) is 5.39. The molecule has 0 saturated heterocycles. The number of pyridine rings is 1. The summed E-state index contributed by atoms with van der Waals surface area (Å²) in [4.78, 5) is 23.6. The van der Waals surface area contributed by atoms with Gasteiger partial charge >= 0.3 is 0 Å². The third-order valence-corrected chi connectivity index (χ3v) is 4.02. The number of hydrogen-bond donors (Lipinski definition) is 1. The van der Waals surface area contributed by atoms with Gasteiger partial charge in [-0.05, 0) is 24.1 Å². The van der Waals surface area contributed by atoms with Crippen molar-refractivity contribution in [3.05, 3.63) is 70.8 Å². The number of aryl methyl sites for hydroxylation is 1. The molecule has 1 aromatic carbocycles. The van der Waals surface area contributed by atoms with Gasteiger partial charge in [0, 0.05) is 5.56 Å². The fraction of sp³-hybridized carbons (Fsp3) is 0.111. The van der Waals surface area contributed by atoms with E-state index in [0.717, 1.165) is 24.4 Å². The molecule has 3 rings (SSSR count). The SMILES string of the molecule is CCc1ccc(Cl)c(-c2cnc(NC(=O)c3c(F)cncc3F)cn2)c1. The third-order valence-electron chi connectivity index (χ3n) is 3.69. The van der Waals surface area contributed by atoms with Crippen LogP contribution in [0.5, 0.6) is 0 Å². The molecule has 0 atom stereocenters. The molecule has 0 saturated carbocycles. The smallest absolute Gasteiger partial charge is 0.262 e.